The summed E-state index contributed by atoms with van der Waals surface area (Å²) in [5.74, 6) is -2.05. The summed E-state index contributed by atoms with van der Waals surface area (Å²) in [6.45, 7) is 4.88. The number of nitrogens with zero attached hydrogens (tertiary/aromatic N) is 5. The van der Waals surface area contributed by atoms with Gasteiger partial charge in [0.15, 0.2) is 5.65 Å². The summed E-state index contributed by atoms with van der Waals surface area (Å²) >= 11 is 0. The van der Waals surface area contributed by atoms with Gasteiger partial charge in [-0.15, -0.1) is 5.10 Å². The molecule has 8 nitrogen and oxygen atoms in total. The first-order valence-electron chi connectivity index (χ1n) is 11.6. The average molecular weight is 489 g/mol. The Morgan fingerprint density at radius 3 is 2.54 bits per heavy atom. The second-order valence-corrected chi connectivity index (χ2v) is 7.75. The molecule has 5 rings (SSSR count). The molecule has 3 aromatic heterocycles. The van der Waals surface area contributed by atoms with Crippen LogP contribution in [-0.4, -0.2) is 32.1 Å². The zero-order valence-corrected chi connectivity index (χ0v) is 20.0. The molecule has 0 bridgehead atoms. The number of nitrogens with one attached hydrogen (secondary N) is 1. The summed E-state index contributed by atoms with van der Waals surface area (Å²) in [7, 11) is 0. The molecule has 1 spiro atoms. The SMILES string of the molecule is CC.CC.N#Cc1cc(NC(=O)C2CC3(CCC3)c3c2cnc2cc(F)nn32)cnc1OC(F)F. The van der Waals surface area contributed by atoms with Gasteiger partial charge in [-0.1, -0.05) is 34.1 Å². The molecule has 0 saturated heterocycles. The van der Waals surface area contributed by atoms with Gasteiger partial charge in [-0.3, -0.25) is 4.79 Å². The van der Waals surface area contributed by atoms with Crippen molar-refractivity contribution in [2.75, 3.05) is 5.32 Å². The molecule has 0 radical (unpaired) electrons. The van der Waals surface area contributed by atoms with Crippen molar-refractivity contribution in [1.29, 1.82) is 5.26 Å². The summed E-state index contributed by atoms with van der Waals surface area (Å²) < 4.78 is 44.3. The highest BCUT2D eigenvalue weighted by Gasteiger charge is 2.52. The van der Waals surface area contributed by atoms with Crippen LogP contribution in [0.5, 0.6) is 5.88 Å². The number of rotatable bonds is 4. The number of alkyl halides is 2. The van der Waals surface area contributed by atoms with E-state index >= 15 is 0 Å². The largest absolute Gasteiger partial charge is 0.415 e. The number of carbonyl (C=O) groups is 1. The van der Waals surface area contributed by atoms with Crippen molar-refractivity contribution in [2.24, 2.45) is 0 Å². The van der Waals surface area contributed by atoms with Crippen molar-refractivity contribution >= 4 is 17.2 Å². The highest BCUT2D eigenvalue weighted by molar-refractivity contribution is 5.97. The van der Waals surface area contributed by atoms with E-state index < -0.39 is 24.4 Å². The lowest BCUT2D eigenvalue weighted by molar-refractivity contribution is -0.118. The lowest BCUT2D eigenvalue weighted by Gasteiger charge is -2.39. The van der Waals surface area contributed by atoms with E-state index in [1.165, 1.54) is 16.6 Å². The van der Waals surface area contributed by atoms with Gasteiger partial charge in [0.05, 0.1) is 23.5 Å². The smallest absolute Gasteiger partial charge is 0.388 e. The van der Waals surface area contributed by atoms with E-state index in [1.807, 2.05) is 27.7 Å². The number of fused-ring (bicyclic) bond motifs is 4. The summed E-state index contributed by atoms with van der Waals surface area (Å²) in [6, 6.07) is 4.20. The van der Waals surface area contributed by atoms with Crippen LogP contribution in [0.25, 0.3) is 5.65 Å². The van der Waals surface area contributed by atoms with E-state index in [-0.39, 0.29) is 22.6 Å². The highest BCUT2D eigenvalue weighted by Crippen LogP contribution is 2.56. The van der Waals surface area contributed by atoms with Gasteiger partial charge >= 0.3 is 6.61 Å². The van der Waals surface area contributed by atoms with E-state index in [0.29, 0.717) is 17.6 Å². The van der Waals surface area contributed by atoms with Crippen molar-refractivity contribution in [3.05, 3.63) is 47.3 Å². The second-order valence-electron chi connectivity index (χ2n) is 7.75. The summed E-state index contributed by atoms with van der Waals surface area (Å²) in [5.41, 5.74) is 1.57. The fourth-order valence-corrected chi connectivity index (χ4v) is 4.59. The van der Waals surface area contributed by atoms with E-state index in [4.69, 9.17) is 5.26 Å². The molecule has 11 heteroatoms. The fourth-order valence-electron chi connectivity index (χ4n) is 4.59. The number of amides is 1. The van der Waals surface area contributed by atoms with Crippen LogP contribution in [0.3, 0.4) is 0 Å². The van der Waals surface area contributed by atoms with E-state index in [1.54, 1.807) is 12.3 Å². The number of pyridine rings is 1. The Morgan fingerprint density at radius 2 is 1.94 bits per heavy atom. The second kappa shape index (κ2) is 10.7. The first kappa shape index (κ1) is 25.9. The summed E-state index contributed by atoms with van der Waals surface area (Å²) in [6.07, 6.45) is 6.00. The molecule has 2 aliphatic rings. The van der Waals surface area contributed by atoms with Gasteiger partial charge in [-0.25, -0.2) is 14.5 Å². The van der Waals surface area contributed by atoms with E-state index in [9.17, 15) is 18.0 Å². The van der Waals surface area contributed by atoms with Crippen LogP contribution < -0.4 is 10.1 Å². The molecule has 1 amide bonds. The average Bonchev–Trinajstić information content (AvgIpc) is 3.39. The molecule has 2 aliphatic carbocycles. The maximum Gasteiger partial charge on any atom is 0.388 e. The fraction of sp³-hybridized carbons (Fsp3) is 0.458. The Hall–Kier alpha value is -3.68. The maximum atomic E-state index is 13.7. The Bertz CT molecular complexity index is 1250. The molecule has 1 N–H and O–H groups in total. The molecular formula is C24H27F3N6O2. The predicted molar refractivity (Wildman–Crippen MR) is 123 cm³/mol. The van der Waals surface area contributed by atoms with Gasteiger partial charge in [-0.2, -0.15) is 18.4 Å². The molecule has 0 aromatic carbocycles. The number of aromatic nitrogens is 4. The number of halogens is 3. The van der Waals surface area contributed by atoms with Crippen molar-refractivity contribution in [3.63, 3.8) is 0 Å². The highest BCUT2D eigenvalue weighted by atomic mass is 19.3. The van der Waals surface area contributed by atoms with E-state index in [2.05, 4.69) is 25.1 Å². The van der Waals surface area contributed by atoms with Gasteiger partial charge < -0.3 is 10.1 Å². The van der Waals surface area contributed by atoms with Crippen LogP contribution in [0.2, 0.25) is 0 Å². The Kier molecular flexibility index (Phi) is 7.94. The Morgan fingerprint density at radius 1 is 1.23 bits per heavy atom. The molecule has 186 valence electrons. The van der Waals surface area contributed by atoms with Crippen molar-refractivity contribution in [1.82, 2.24) is 19.6 Å². The molecule has 35 heavy (non-hydrogen) atoms. The van der Waals surface area contributed by atoms with Crippen molar-refractivity contribution < 1.29 is 22.7 Å². The first-order valence-corrected chi connectivity index (χ1v) is 11.6. The summed E-state index contributed by atoms with van der Waals surface area (Å²) in [5, 5.41) is 15.8. The molecule has 0 aliphatic heterocycles. The lowest BCUT2D eigenvalue weighted by atomic mass is 9.66. The molecular weight excluding hydrogens is 461 g/mol. The van der Waals surface area contributed by atoms with E-state index in [0.717, 1.165) is 31.2 Å². The van der Waals surface area contributed by atoms with Crippen LogP contribution in [0.1, 0.15) is 76.1 Å². The topological polar surface area (TPSA) is 105 Å². The van der Waals surface area contributed by atoms with Crippen LogP contribution in [0.15, 0.2) is 24.5 Å². The maximum absolute atomic E-state index is 13.7. The third kappa shape index (κ3) is 4.78. The third-order valence-corrected chi connectivity index (χ3v) is 6.02. The minimum Gasteiger partial charge on any atom is -0.415 e. The van der Waals surface area contributed by atoms with Gasteiger partial charge in [0.2, 0.25) is 17.7 Å². The molecule has 1 fully saturated rings. The molecule has 3 heterocycles. The molecule has 1 atom stereocenters. The number of hydrogen-bond acceptors (Lipinski definition) is 6. The molecule has 1 saturated carbocycles. The molecule has 1 unspecified atom stereocenters. The summed E-state index contributed by atoms with van der Waals surface area (Å²) in [4.78, 5) is 21.1. The van der Waals surface area contributed by atoms with Crippen molar-refractivity contribution in [2.45, 2.75) is 71.3 Å². The monoisotopic (exact) mass is 488 g/mol. The van der Waals surface area contributed by atoms with Crippen molar-refractivity contribution in [3.8, 4) is 11.9 Å². The number of carbonyl (C=O) groups excluding carboxylic acids is 1. The minimum absolute atomic E-state index is 0.179. The van der Waals surface area contributed by atoms with Crippen LogP contribution in [0.4, 0.5) is 18.9 Å². The number of nitriles is 1. The number of anilines is 1. The molecule has 3 aromatic rings. The normalized spacial score (nSPS) is 16.8. The Labute approximate surface area is 201 Å². The number of hydrogen-bond donors (Lipinski definition) is 1. The number of ether oxygens (including phenoxy) is 1. The predicted octanol–water partition coefficient (Wildman–Crippen LogP) is 5.34. The Balaban J connectivity index is 0.000000815. The lowest BCUT2D eigenvalue weighted by Crippen LogP contribution is -2.34. The standard InChI is InChI=1S/C20H15F3N6O2.2C2H6/c21-14-5-15-25-9-13-12(6-20(2-1-3-20)16(13)29(15)28-14)17(30)27-11-4-10(7-24)18(26-8-11)31-19(22)23;2*1-2/h4-5,8-9,12,19H,1-3,6H2,(H,27,30);2*1-2H3. The first-order chi connectivity index (χ1) is 16.9. The van der Waals surface area contributed by atoms with Crippen LogP contribution in [-0.2, 0) is 10.2 Å². The minimum atomic E-state index is -3.12. The third-order valence-electron chi connectivity index (χ3n) is 6.02. The van der Waals surface area contributed by atoms with Gasteiger partial charge in [-0.05, 0) is 25.3 Å². The van der Waals surface area contributed by atoms with Gasteiger partial charge in [0, 0.05) is 23.2 Å². The van der Waals surface area contributed by atoms with Crippen LogP contribution in [0, 0.1) is 17.3 Å². The zero-order chi connectivity index (χ0) is 25.8. The van der Waals surface area contributed by atoms with Gasteiger partial charge in [0.1, 0.15) is 11.6 Å². The quantitative estimate of drug-likeness (QED) is 0.532. The zero-order valence-electron chi connectivity index (χ0n) is 20.0. The van der Waals surface area contributed by atoms with Crippen LogP contribution >= 0.6 is 0 Å². The van der Waals surface area contributed by atoms with Gasteiger partial charge in [0.25, 0.3) is 0 Å².